The average Bonchev–Trinajstić information content (AvgIpc) is 3.20. The van der Waals surface area contributed by atoms with Gasteiger partial charge in [-0.05, 0) is 117 Å². The number of nitrogens with one attached hydrogen (secondary N) is 3. The molecule has 0 saturated carbocycles. The van der Waals surface area contributed by atoms with Gasteiger partial charge in [0.15, 0.2) is 0 Å². The molecule has 4 amide bonds. The minimum absolute atomic E-state index is 0.110. The summed E-state index contributed by atoms with van der Waals surface area (Å²) in [7, 11) is 1.47. The van der Waals surface area contributed by atoms with E-state index >= 15 is 0 Å². The highest BCUT2D eigenvalue weighted by Gasteiger charge is 2.34. The third-order valence-electron chi connectivity index (χ3n) is 9.91. The average molecular weight is 794 g/mol. The predicted molar refractivity (Wildman–Crippen MR) is 223 cm³/mol. The van der Waals surface area contributed by atoms with E-state index in [2.05, 4.69) is 47.1 Å². The number of carbonyl (C=O) groups excluding carboxylic acids is 4. The quantitative estimate of drug-likeness (QED) is 0.0421. The molecule has 13 heteroatoms. The molecule has 0 radical (unpaired) electrons. The number of carboxylic acids is 1. The van der Waals surface area contributed by atoms with Gasteiger partial charge < -0.3 is 41.9 Å². The zero-order chi connectivity index (χ0) is 42.4. The van der Waals surface area contributed by atoms with E-state index in [1.165, 1.54) is 53.9 Å². The lowest BCUT2D eigenvalue weighted by molar-refractivity contribution is -0.141. The number of unbranched alkanes of at least 4 members (excludes halogenated alkanes) is 2. The molecule has 0 aliphatic carbocycles. The van der Waals surface area contributed by atoms with E-state index in [0.717, 1.165) is 30.4 Å². The third-order valence-corrected chi connectivity index (χ3v) is 9.91. The molecule has 3 atom stereocenters. The van der Waals surface area contributed by atoms with Crippen molar-refractivity contribution in [2.24, 2.45) is 5.73 Å². The number of hydrogen-bond donors (Lipinski definition) is 7. The number of nitrogens with two attached hydrogens (primary N) is 1. The van der Waals surface area contributed by atoms with Gasteiger partial charge in [-0.25, -0.2) is 4.79 Å². The Balaban J connectivity index is 1.64. The molecular formula is C45H55N5O8. The topological polar surface area (TPSA) is 211 Å². The van der Waals surface area contributed by atoms with E-state index in [1.54, 1.807) is 26.0 Å². The first-order valence-electron chi connectivity index (χ1n) is 19.6. The zero-order valence-electron chi connectivity index (χ0n) is 33.5. The summed E-state index contributed by atoms with van der Waals surface area (Å²) in [5.74, 6) is -3.26. The second-order valence-electron chi connectivity index (χ2n) is 14.7. The van der Waals surface area contributed by atoms with Crippen LogP contribution in [0.15, 0.2) is 84.9 Å². The monoisotopic (exact) mass is 793 g/mol. The van der Waals surface area contributed by atoms with Crippen LogP contribution in [0.3, 0.4) is 0 Å². The Morgan fingerprint density at radius 1 is 0.776 bits per heavy atom. The number of aryl methyl sites for hydroxylation is 1. The fourth-order valence-electron chi connectivity index (χ4n) is 6.74. The summed E-state index contributed by atoms with van der Waals surface area (Å²) in [6.07, 6.45) is 4.83. The number of phenolic OH excluding ortho intramolecular Hbond substituents is 2. The van der Waals surface area contributed by atoms with Gasteiger partial charge in [0.05, 0.1) is 0 Å². The van der Waals surface area contributed by atoms with Gasteiger partial charge >= 0.3 is 5.97 Å². The number of phenols is 2. The van der Waals surface area contributed by atoms with Crippen molar-refractivity contribution in [3.8, 4) is 33.8 Å². The maximum absolute atomic E-state index is 14.4. The Kier molecular flexibility index (Phi) is 16.4. The lowest BCUT2D eigenvalue weighted by atomic mass is 9.94. The van der Waals surface area contributed by atoms with Crippen molar-refractivity contribution in [3.63, 3.8) is 0 Å². The highest BCUT2D eigenvalue weighted by molar-refractivity contribution is 5.99. The normalized spacial score (nSPS) is 12.6. The summed E-state index contributed by atoms with van der Waals surface area (Å²) in [6.45, 7) is 6.10. The molecule has 0 unspecified atom stereocenters. The van der Waals surface area contributed by atoms with Gasteiger partial charge in [-0.3, -0.25) is 19.2 Å². The summed E-state index contributed by atoms with van der Waals surface area (Å²) in [5, 5.41) is 39.4. The van der Waals surface area contributed by atoms with Gasteiger partial charge in [0.1, 0.15) is 29.6 Å². The van der Waals surface area contributed by atoms with Crippen LogP contribution >= 0.6 is 0 Å². The Labute approximate surface area is 339 Å². The van der Waals surface area contributed by atoms with Gasteiger partial charge in [-0.15, -0.1) is 0 Å². The minimum atomic E-state index is -1.26. The molecule has 13 nitrogen and oxygen atoms in total. The van der Waals surface area contributed by atoms with Crippen LogP contribution in [0.25, 0.3) is 22.3 Å². The molecule has 0 aromatic heterocycles. The van der Waals surface area contributed by atoms with Gasteiger partial charge in [0.25, 0.3) is 5.91 Å². The van der Waals surface area contributed by atoms with Crippen LogP contribution in [0.1, 0.15) is 86.0 Å². The van der Waals surface area contributed by atoms with Gasteiger partial charge in [0, 0.05) is 36.2 Å². The van der Waals surface area contributed by atoms with Crippen LogP contribution in [0, 0.1) is 0 Å². The number of likely N-dealkylation sites (N-methyl/N-ethyl adjacent to an activating group) is 1. The summed E-state index contributed by atoms with van der Waals surface area (Å²) >= 11 is 0. The largest absolute Gasteiger partial charge is 0.507 e. The van der Waals surface area contributed by atoms with Crippen LogP contribution in [-0.4, -0.2) is 82.0 Å². The molecule has 58 heavy (non-hydrogen) atoms. The molecule has 0 bridgehead atoms. The molecular weight excluding hydrogens is 739 g/mol. The predicted octanol–water partition coefficient (Wildman–Crippen LogP) is 5.47. The number of aromatic hydroxyl groups is 2. The third kappa shape index (κ3) is 11.9. The Morgan fingerprint density at radius 2 is 1.38 bits per heavy atom. The molecule has 4 aromatic carbocycles. The number of amides is 4. The summed E-state index contributed by atoms with van der Waals surface area (Å²) in [5.41, 5.74) is 10.3. The van der Waals surface area contributed by atoms with Crippen LogP contribution in [0.2, 0.25) is 0 Å². The first-order valence-corrected chi connectivity index (χ1v) is 19.6. The zero-order valence-corrected chi connectivity index (χ0v) is 33.5. The number of nitrogens with zero attached hydrogens (tertiary/aromatic N) is 1. The van der Waals surface area contributed by atoms with Gasteiger partial charge in [-0.1, -0.05) is 61.9 Å². The van der Waals surface area contributed by atoms with Crippen molar-refractivity contribution in [1.29, 1.82) is 0 Å². The van der Waals surface area contributed by atoms with Crippen molar-refractivity contribution in [3.05, 3.63) is 107 Å². The van der Waals surface area contributed by atoms with Crippen molar-refractivity contribution in [2.45, 2.75) is 89.9 Å². The summed E-state index contributed by atoms with van der Waals surface area (Å²) < 4.78 is 0. The standard InChI is InChI=1S/C45H55N5O8/c1-5-6-9-29-11-14-31(15-12-29)32-16-18-33(19-17-32)42(54)49-37(10-7-8-23-46)44(56)50(4)41(43(55)48-28(2)3)34-20-22-40(53)36(26-34)35-24-30(13-21-39(35)52)25-38(45(57)58)47-27-51/h11-22,24,26-28,37-38,41,52-53H,5-10,23,25,46H2,1-4H3,(H,47,51)(H,48,55)(H,49,54)(H,57,58)/t37-,38-,41-/m0/s1. The molecule has 0 saturated heterocycles. The molecule has 0 fully saturated rings. The SMILES string of the molecule is CCCCc1ccc(-c2ccc(C(=O)N[C@@H](CCCCN)C(=O)N(C)[C@H](C(=O)NC(C)C)c3ccc(O)c(-c4cc(C[C@H](NC=O)C(=O)O)ccc4O)c3)cc2)cc1. The minimum Gasteiger partial charge on any atom is -0.507 e. The van der Waals surface area contributed by atoms with E-state index in [1.807, 2.05) is 12.1 Å². The first kappa shape index (κ1) is 44.5. The molecule has 4 aromatic rings. The fourth-order valence-corrected chi connectivity index (χ4v) is 6.74. The van der Waals surface area contributed by atoms with Crippen molar-refractivity contribution < 1.29 is 39.3 Å². The smallest absolute Gasteiger partial charge is 0.326 e. The van der Waals surface area contributed by atoms with E-state index in [9.17, 15) is 39.3 Å². The molecule has 0 spiro atoms. The molecule has 8 N–H and O–H groups in total. The molecule has 0 heterocycles. The van der Waals surface area contributed by atoms with E-state index in [-0.39, 0.29) is 47.9 Å². The molecule has 0 aliphatic rings. The number of carboxylic acid groups (broad SMARTS) is 1. The lowest BCUT2D eigenvalue weighted by Gasteiger charge is -2.32. The number of aliphatic carboxylic acids is 1. The highest BCUT2D eigenvalue weighted by Crippen LogP contribution is 2.39. The van der Waals surface area contributed by atoms with Crippen LogP contribution in [-0.2, 0) is 32.0 Å². The van der Waals surface area contributed by atoms with Gasteiger partial charge in [-0.2, -0.15) is 0 Å². The Bertz CT molecular complexity index is 2030. The van der Waals surface area contributed by atoms with Crippen molar-refractivity contribution in [1.82, 2.24) is 20.9 Å². The Hall–Kier alpha value is -6.21. The molecule has 0 aliphatic heterocycles. The second kappa shape index (κ2) is 21.4. The lowest BCUT2D eigenvalue weighted by Crippen LogP contribution is -2.51. The maximum Gasteiger partial charge on any atom is 0.326 e. The number of benzene rings is 4. The highest BCUT2D eigenvalue weighted by atomic mass is 16.4. The number of hydrogen-bond acceptors (Lipinski definition) is 8. The summed E-state index contributed by atoms with van der Waals surface area (Å²) in [6, 6.07) is 20.3. The summed E-state index contributed by atoms with van der Waals surface area (Å²) in [4.78, 5) is 66.0. The van der Waals surface area contributed by atoms with Crippen LogP contribution < -0.4 is 21.7 Å². The van der Waals surface area contributed by atoms with E-state index in [0.29, 0.717) is 36.1 Å². The first-order chi connectivity index (χ1) is 27.8. The van der Waals surface area contributed by atoms with Crippen molar-refractivity contribution >= 4 is 30.1 Å². The maximum atomic E-state index is 14.4. The van der Waals surface area contributed by atoms with Crippen LogP contribution in [0.5, 0.6) is 11.5 Å². The van der Waals surface area contributed by atoms with Crippen LogP contribution in [0.4, 0.5) is 0 Å². The Morgan fingerprint density at radius 3 is 1.97 bits per heavy atom. The van der Waals surface area contributed by atoms with E-state index in [4.69, 9.17) is 5.73 Å². The molecule has 4 rings (SSSR count). The van der Waals surface area contributed by atoms with E-state index < -0.39 is 41.8 Å². The fraction of sp³-hybridized carbons (Fsp3) is 0.356. The second-order valence-corrected chi connectivity index (χ2v) is 14.7. The van der Waals surface area contributed by atoms with Crippen molar-refractivity contribution in [2.75, 3.05) is 13.6 Å². The van der Waals surface area contributed by atoms with Gasteiger partial charge in [0.2, 0.25) is 18.2 Å². The molecule has 308 valence electrons. The number of carbonyl (C=O) groups is 5. The number of rotatable bonds is 21.